The quantitative estimate of drug-likeness (QED) is 0.613. The van der Waals surface area contributed by atoms with Crippen LogP contribution in [0.4, 0.5) is 0 Å². The van der Waals surface area contributed by atoms with Crippen molar-refractivity contribution in [1.29, 1.82) is 0 Å². The molecule has 0 unspecified atom stereocenters. The standard InChI is InChI=1S/C22H23N3O3/c1-28-22(27)20(14-17-8-4-2-5-9-17)24-21(26)13-12-18-15-23-25(16-18)19-10-6-3-7-11-19/h2-11,15-16,20H,12-14H2,1H3,(H,24,26)/t20-/m0/s1. The van der Waals surface area contributed by atoms with Gasteiger partial charge in [0.25, 0.3) is 0 Å². The monoisotopic (exact) mass is 377 g/mol. The van der Waals surface area contributed by atoms with E-state index in [4.69, 9.17) is 4.74 Å². The van der Waals surface area contributed by atoms with Gasteiger partial charge in [-0.05, 0) is 29.7 Å². The van der Waals surface area contributed by atoms with Crippen LogP contribution in [0.2, 0.25) is 0 Å². The fraction of sp³-hybridized carbons (Fsp3) is 0.227. The first-order valence-electron chi connectivity index (χ1n) is 9.16. The highest BCUT2D eigenvalue weighted by molar-refractivity contribution is 5.84. The number of rotatable bonds is 8. The highest BCUT2D eigenvalue weighted by atomic mass is 16.5. The van der Waals surface area contributed by atoms with Gasteiger partial charge < -0.3 is 10.1 Å². The Morgan fingerprint density at radius 3 is 2.39 bits per heavy atom. The zero-order valence-electron chi connectivity index (χ0n) is 15.7. The molecule has 1 aromatic heterocycles. The predicted octanol–water partition coefficient (Wildman–Crippen LogP) is 2.71. The maximum atomic E-state index is 12.4. The SMILES string of the molecule is COC(=O)[C@H](Cc1ccccc1)NC(=O)CCc1cnn(-c2ccccc2)c1. The largest absolute Gasteiger partial charge is 0.467 e. The van der Waals surface area contributed by atoms with E-state index in [9.17, 15) is 9.59 Å². The average molecular weight is 377 g/mol. The molecule has 3 aromatic rings. The van der Waals surface area contributed by atoms with E-state index >= 15 is 0 Å². The van der Waals surface area contributed by atoms with E-state index in [0.29, 0.717) is 12.8 Å². The average Bonchev–Trinajstić information content (AvgIpc) is 3.22. The van der Waals surface area contributed by atoms with E-state index in [1.54, 1.807) is 10.9 Å². The lowest BCUT2D eigenvalue weighted by molar-refractivity contribution is -0.145. The summed E-state index contributed by atoms with van der Waals surface area (Å²) in [5, 5.41) is 7.12. The number of esters is 1. The van der Waals surface area contributed by atoms with Gasteiger partial charge in [-0.2, -0.15) is 5.10 Å². The summed E-state index contributed by atoms with van der Waals surface area (Å²) in [7, 11) is 1.32. The lowest BCUT2D eigenvalue weighted by Gasteiger charge is -2.16. The Morgan fingerprint density at radius 2 is 1.71 bits per heavy atom. The Labute approximate surface area is 164 Å². The summed E-state index contributed by atoms with van der Waals surface area (Å²) in [6.45, 7) is 0. The van der Waals surface area contributed by atoms with Crippen molar-refractivity contribution in [2.45, 2.75) is 25.3 Å². The van der Waals surface area contributed by atoms with Gasteiger partial charge in [0.2, 0.25) is 5.91 Å². The third-order valence-corrected chi connectivity index (χ3v) is 4.40. The van der Waals surface area contributed by atoms with Gasteiger partial charge in [-0.25, -0.2) is 9.48 Å². The number of hydrogen-bond acceptors (Lipinski definition) is 4. The minimum atomic E-state index is -0.702. The summed E-state index contributed by atoms with van der Waals surface area (Å²) < 4.78 is 6.61. The second-order valence-corrected chi connectivity index (χ2v) is 6.46. The molecule has 1 heterocycles. The smallest absolute Gasteiger partial charge is 0.328 e. The van der Waals surface area contributed by atoms with Crippen LogP contribution < -0.4 is 5.32 Å². The van der Waals surface area contributed by atoms with Crippen LogP contribution in [0.3, 0.4) is 0 Å². The van der Waals surface area contributed by atoms with Crippen LogP contribution in [0.25, 0.3) is 5.69 Å². The Hall–Kier alpha value is -3.41. The molecule has 6 heteroatoms. The topological polar surface area (TPSA) is 73.2 Å². The van der Waals surface area contributed by atoms with E-state index in [2.05, 4.69) is 10.4 Å². The Balaban J connectivity index is 1.56. The van der Waals surface area contributed by atoms with Crippen molar-refractivity contribution in [2.24, 2.45) is 0 Å². The molecular weight excluding hydrogens is 354 g/mol. The third-order valence-electron chi connectivity index (χ3n) is 4.40. The molecule has 0 bridgehead atoms. The van der Waals surface area contributed by atoms with Crippen LogP contribution in [-0.4, -0.2) is 34.8 Å². The molecule has 0 saturated heterocycles. The zero-order valence-corrected chi connectivity index (χ0v) is 15.7. The summed E-state index contributed by atoms with van der Waals surface area (Å²) >= 11 is 0. The third kappa shape index (κ3) is 5.30. The molecule has 144 valence electrons. The van der Waals surface area contributed by atoms with Crippen LogP contribution in [0.15, 0.2) is 73.1 Å². The molecule has 0 saturated carbocycles. The van der Waals surface area contributed by atoms with Crippen molar-refractivity contribution < 1.29 is 14.3 Å². The minimum Gasteiger partial charge on any atom is -0.467 e. The van der Waals surface area contributed by atoms with E-state index in [1.165, 1.54) is 7.11 Å². The Morgan fingerprint density at radius 1 is 1.04 bits per heavy atom. The fourth-order valence-corrected chi connectivity index (χ4v) is 2.92. The van der Waals surface area contributed by atoms with E-state index in [1.807, 2.05) is 66.9 Å². The van der Waals surface area contributed by atoms with Crippen molar-refractivity contribution in [2.75, 3.05) is 7.11 Å². The van der Waals surface area contributed by atoms with Gasteiger partial charge in [-0.15, -0.1) is 0 Å². The van der Waals surface area contributed by atoms with Gasteiger partial charge in [0.05, 0.1) is 19.0 Å². The number of ether oxygens (including phenoxy) is 1. The van der Waals surface area contributed by atoms with Crippen molar-refractivity contribution in [1.82, 2.24) is 15.1 Å². The molecule has 0 fully saturated rings. The summed E-state index contributed by atoms with van der Waals surface area (Å²) in [5.74, 6) is -0.645. The van der Waals surface area contributed by atoms with Crippen molar-refractivity contribution >= 4 is 11.9 Å². The number of benzene rings is 2. The molecule has 2 aromatic carbocycles. The highest BCUT2D eigenvalue weighted by Gasteiger charge is 2.21. The van der Waals surface area contributed by atoms with Gasteiger partial charge in [0.1, 0.15) is 6.04 Å². The summed E-state index contributed by atoms with van der Waals surface area (Å²) in [5.41, 5.74) is 2.88. The van der Waals surface area contributed by atoms with Crippen LogP contribution in [0.5, 0.6) is 0 Å². The van der Waals surface area contributed by atoms with Crippen molar-refractivity contribution in [3.05, 3.63) is 84.2 Å². The maximum absolute atomic E-state index is 12.4. The van der Waals surface area contributed by atoms with Gasteiger partial charge in [-0.3, -0.25) is 4.79 Å². The summed E-state index contributed by atoms with van der Waals surface area (Å²) in [6, 6.07) is 18.6. The molecule has 28 heavy (non-hydrogen) atoms. The van der Waals surface area contributed by atoms with E-state index in [0.717, 1.165) is 16.8 Å². The lowest BCUT2D eigenvalue weighted by Crippen LogP contribution is -2.43. The highest BCUT2D eigenvalue weighted by Crippen LogP contribution is 2.10. The number of para-hydroxylation sites is 1. The van der Waals surface area contributed by atoms with Crippen LogP contribution in [-0.2, 0) is 27.2 Å². The number of aromatic nitrogens is 2. The second-order valence-electron chi connectivity index (χ2n) is 6.46. The number of nitrogens with one attached hydrogen (secondary N) is 1. The normalized spacial score (nSPS) is 11.6. The molecule has 0 aliphatic rings. The number of carbonyl (C=O) groups excluding carboxylic acids is 2. The molecule has 0 radical (unpaired) electrons. The number of nitrogens with zero attached hydrogens (tertiary/aromatic N) is 2. The van der Waals surface area contributed by atoms with E-state index < -0.39 is 12.0 Å². The Kier molecular flexibility index (Phi) is 6.57. The second kappa shape index (κ2) is 9.50. The first-order valence-corrected chi connectivity index (χ1v) is 9.16. The molecular formula is C22H23N3O3. The number of amides is 1. The van der Waals surface area contributed by atoms with Crippen LogP contribution in [0.1, 0.15) is 17.5 Å². The molecule has 0 spiro atoms. The molecule has 0 aliphatic carbocycles. The predicted molar refractivity (Wildman–Crippen MR) is 106 cm³/mol. The van der Waals surface area contributed by atoms with E-state index in [-0.39, 0.29) is 12.3 Å². The Bertz CT molecular complexity index is 907. The van der Waals surface area contributed by atoms with Gasteiger partial charge in [0, 0.05) is 19.0 Å². The maximum Gasteiger partial charge on any atom is 0.328 e. The van der Waals surface area contributed by atoms with Crippen molar-refractivity contribution in [3.8, 4) is 5.69 Å². The molecule has 1 amide bonds. The first-order chi connectivity index (χ1) is 13.7. The summed E-state index contributed by atoms with van der Waals surface area (Å²) in [6.07, 6.45) is 4.86. The minimum absolute atomic E-state index is 0.196. The first kappa shape index (κ1) is 19.4. The van der Waals surface area contributed by atoms with Gasteiger partial charge in [0.15, 0.2) is 0 Å². The van der Waals surface area contributed by atoms with Crippen molar-refractivity contribution in [3.63, 3.8) is 0 Å². The fourth-order valence-electron chi connectivity index (χ4n) is 2.92. The molecule has 0 aliphatic heterocycles. The lowest BCUT2D eigenvalue weighted by atomic mass is 10.1. The molecule has 1 atom stereocenters. The summed E-state index contributed by atoms with van der Waals surface area (Å²) in [4.78, 5) is 24.4. The number of hydrogen-bond donors (Lipinski definition) is 1. The number of carbonyl (C=O) groups is 2. The molecule has 1 N–H and O–H groups in total. The molecule has 3 rings (SSSR count). The van der Waals surface area contributed by atoms with Crippen LogP contribution in [0, 0.1) is 0 Å². The molecule has 6 nitrogen and oxygen atoms in total. The number of methoxy groups -OCH3 is 1. The zero-order chi connectivity index (χ0) is 19.8. The van der Waals surface area contributed by atoms with Gasteiger partial charge in [-0.1, -0.05) is 48.5 Å². The van der Waals surface area contributed by atoms with Crippen LogP contribution >= 0.6 is 0 Å². The van der Waals surface area contributed by atoms with Gasteiger partial charge >= 0.3 is 5.97 Å². The number of aryl methyl sites for hydroxylation is 1.